The maximum atomic E-state index is 11.4. The Morgan fingerprint density at radius 3 is 2.75 bits per heavy atom. The number of hydrogen-bond donors (Lipinski definition) is 1. The molecule has 16 heavy (non-hydrogen) atoms. The van der Waals surface area contributed by atoms with Gasteiger partial charge >= 0.3 is 0 Å². The van der Waals surface area contributed by atoms with Crippen molar-refractivity contribution in [3.05, 3.63) is 34.9 Å². The van der Waals surface area contributed by atoms with Gasteiger partial charge in [-0.2, -0.15) is 0 Å². The summed E-state index contributed by atoms with van der Waals surface area (Å²) >= 11 is 5.88. The van der Waals surface area contributed by atoms with Crippen LogP contribution in [0.15, 0.2) is 24.3 Å². The maximum Gasteiger partial charge on any atom is 0.150 e. The lowest BCUT2D eigenvalue weighted by Gasteiger charge is -2.18. The van der Waals surface area contributed by atoms with Gasteiger partial charge in [0.15, 0.2) is 9.84 Å². The Kier molecular flexibility index (Phi) is 3.24. The highest BCUT2D eigenvalue weighted by Crippen LogP contribution is 2.30. The molecule has 1 aromatic rings. The smallest absolute Gasteiger partial charge is 0.150 e. The fourth-order valence-corrected chi connectivity index (χ4v) is 4.15. The van der Waals surface area contributed by atoms with Crippen LogP contribution >= 0.6 is 11.6 Å². The molecule has 0 spiro atoms. The molecule has 2 N–H and O–H groups in total. The average molecular weight is 260 g/mol. The van der Waals surface area contributed by atoms with Crippen molar-refractivity contribution in [1.29, 1.82) is 0 Å². The molecule has 2 atom stereocenters. The highest BCUT2D eigenvalue weighted by Gasteiger charge is 2.32. The molecule has 1 aliphatic heterocycles. The Balaban J connectivity index is 2.17. The molecule has 1 heterocycles. The summed E-state index contributed by atoms with van der Waals surface area (Å²) in [6, 6.07) is 7.07. The lowest BCUT2D eigenvalue weighted by atomic mass is 9.93. The van der Waals surface area contributed by atoms with E-state index >= 15 is 0 Å². The summed E-state index contributed by atoms with van der Waals surface area (Å²) in [6.07, 6.45) is 0.649. The van der Waals surface area contributed by atoms with Gasteiger partial charge in [-0.15, -0.1) is 0 Å². The number of sulfone groups is 1. The zero-order chi connectivity index (χ0) is 11.8. The first kappa shape index (κ1) is 11.9. The molecule has 2 rings (SSSR count). The summed E-state index contributed by atoms with van der Waals surface area (Å²) in [5.41, 5.74) is 6.98. The predicted octanol–water partition coefficient (Wildman–Crippen LogP) is 1.77. The number of benzene rings is 1. The number of nitrogens with two attached hydrogens (primary N) is 1. The number of halogens is 1. The van der Waals surface area contributed by atoms with Gasteiger partial charge < -0.3 is 5.73 Å². The van der Waals surface area contributed by atoms with Crippen molar-refractivity contribution in [3.63, 3.8) is 0 Å². The average Bonchev–Trinajstić information content (AvgIpc) is 2.58. The third-order valence-corrected chi connectivity index (χ3v) is 5.04. The minimum Gasteiger partial charge on any atom is -0.324 e. The topological polar surface area (TPSA) is 60.2 Å². The second-order valence-electron chi connectivity index (χ2n) is 4.24. The highest BCUT2D eigenvalue weighted by atomic mass is 35.5. The molecular weight excluding hydrogens is 246 g/mol. The van der Waals surface area contributed by atoms with Crippen molar-refractivity contribution in [1.82, 2.24) is 0 Å². The van der Waals surface area contributed by atoms with Gasteiger partial charge in [-0.3, -0.25) is 0 Å². The van der Waals surface area contributed by atoms with Crippen molar-refractivity contribution in [2.24, 2.45) is 11.7 Å². The molecule has 5 heteroatoms. The van der Waals surface area contributed by atoms with E-state index in [1.54, 1.807) is 12.1 Å². The van der Waals surface area contributed by atoms with Crippen LogP contribution in [-0.2, 0) is 9.84 Å². The van der Waals surface area contributed by atoms with Crippen molar-refractivity contribution in [3.8, 4) is 0 Å². The van der Waals surface area contributed by atoms with Crippen LogP contribution in [-0.4, -0.2) is 19.9 Å². The molecule has 0 amide bonds. The van der Waals surface area contributed by atoms with Crippen LogP contribution < -0.4 is 5.73 Å². The van der Waals surface area contributed by atoms with Crippen molar-refractivity contribution < 1.29 is 8.42 Å². The molecule has 0 aliphatic carbocycles. The lowest BCUT2D eigenvalue weighted by molar-refractivity contribution is 0.480. The van der Waals surface area contributed by atoms with Crippen LogP contribution in [0.3, 0.4) is 0 Å². The molecule has 1 aliphatic rings. The Labute approximate surface area is 101 Å². The molecule has 0 radical (unpaired) electrons. The summed E-state index contributed by atoms with van der Waals surface area (Å²) in [4.78, 5) is 0. The first-order chi connectivity index (χ1) is 7.48. The number of hydrogen-bond acceptors (Lipinski definition) is 3. The largest absolute Gasteiger partial charge is 0.324 e. The van der Waals surface area contributed by atoms with Crippen LogP contribution in [0.25, 0.3) is 0 Å². The first-order valence-electron chi connectivity index (χ1n) is 5.19. The maximum absolute atomic E-state index is 11.4. The van der Waals surface area contributed by atoms with Gasteiger partial charge in [0.2, 0.25) is 0 Å². The Morgan fingerprint density at radius 1 is 1.44 bits per heavy atom. The molecule has 88 valence electrons. The standard InChI is InChI=1S/C11H14ClNO2S/c12-10-3-1-2-8(6-10)11(13)9-4-5-16(14,15)7-9/h1-3,6,9,11H,4-5,7,13H2. The van der Waals surface area contributed by atoms with E-state index in [0.29, 0.717) is 11.4 Å². The zero-order valence-electron chi connectivity index (χ0n) is 8.77. The third-order valence-electron chi connectivity index (χ3n) is 3.01. The van der Waals surface area contributed by atoms with Crippen LogP contribution in [0, 0.1) is 5.92 Å². The Bertz CT molecular complexity index is 487. The molecular formula is C11H14ClNO2S. The summed E-state index contributed by atoms with van der Waals surface area (Å²) < 4.78 is 22.7. The van der Waals surface area contributed by atoms with E-state index in [-0.39, 0.29) is 23.5 Å². The normalized spacial score (nSPS) is 25.5. The highest BCUT2D eigenvalue weighted by molar-refractivity contribution is 7.91. The van der Waals surface area contributed by atoms with Crippen LogP contribution in [0.5, 0.6) is 0 Å². The van der Waals surface area contributed by atoms with Gasteiger partial charge in [-0.1, -0.05) is 23.7 Å². The van der Waals surface area contributed by atoms with E-state index in [9.17, 15) is 8.42 Å². The minimum absolute atomic E-state index is 0.0171. The second-order valence-corrected chi connectivity index (χ2v) is 6.91. The van der Waals surface area contributed by atoms with Gasteiger partial charge in [0, 0.05) is 11.1 Å². The first-order valence-corrected chi connectivity index (χ1v) is 7.39. The zero-order valence-corrected chi connectivity index (χ0v) is 10.3. The number of rotatable bonds is 2. The second kappa shape index (κ2) is 4.35. The van der Waals surface area contributed by atoms with E-state index in [4.69, 9.17) is 17.3 Å². The van der Waals surface area contributed by atoms with E-state index in [1.165, 1.54) is 0 Å². The van der Waals surface area contributed by atoms with Gasteiger partial charge in [-0.05, 0) is 30.0 Å². The molecule has 1 fully saturated rings. The molecule has 0 bridgehead atoms. The van der Waals surface area contributed by atoms with Gasteiger partial charge in [-0.25, -0.2) is 8.42 Å². The quantitative estimate of drug-likeness (QED) is 0.881. The summed E-state index contributed by atoms with van der Waals surface area (Å²) in [7, 11) is -2.87. The Morgan fingerprint density at radius 2 is 2.19 bits per heavy atom. The van der Waals surface area contributed by atoms with Crippen molar-refractivity contribution in [2.45, 2.75) is 12.5 Å². The minimum atomic E-state index is -2.87. The summed E-state index contributed by atoms with van der Waals surface area (Å²) in [5.74, 6) is 0.468. The molecule has 2 unspecified atom stereocenters. The summed E-state index contributed by atoms with van der Waals surface area (Å²) in [5, 5.41) is 0.633. The van der Waals surface area contributed by atoms with Crippen molar-refractivity contribution >= 4 is 21.4 Å². The monoisotopic (exact) mass is 259 g/mol. The Hall–Kier alpha value is -0.580. The lowest BCUT2D eigenvalue weighted by Crippen LogP contribution is -2.22. The van der Waals surface area contributed by atoms with Crippen molar-refractivity contribution in [2.75, 3.05) is 11.5 Å². The van der Waals surface area contributed by atoms with Gasteiger partial charge in [0.25, 0.3) is 0 Å². The molecule has 1 saturated heterocycles. The van der Waals surface area contributed by atoms with Crippen LogP contribution in [0.2, 0.25) is 5.02 Å². The third kappa shape index (κ3) is 2.56. The van der Waals surface area contributed by atoms with Gasteiger partial charge in [0.05, 0.1) is 11.5 Å². The van der Waals surface area contributed by atoms with E-state index in [0.717, 1.165) is 5.56 Å². The van der Waals surface area contributed by atoms with Crippen LogP contribution in [0.1, 0.15) is 18.0 Å². The van der Waals surface area contributed by atoms with Gasteiger partial charge in [0.1, 0.15) is 0 Å². The molecule has 1 aromatic carbocycles. The SMILES string of the molecule is NC(c1cccc(Cl)c1)C1CCS(=O)(=O)C1. The van der Waals surface area contributed by atoms with E-state index < -0.39 is 9.84 Å². The molecule has 0 aromatic heterocycles. The van der Waals surface area contributed by atoms with E-state index in [1.807, 2.05) is 12.1 Å². The van der Waals surface area contributed by atoms with E-state index in [2.05, 4.69) is 0 Å². The predicted molar refractivity (Wildman–Crippen MR) is 65.1 cm³/mol. The fraction of sp³-hybridized carbons (Fsp3) is 0.455. The summed E-state index contributed by atoms with van der Waals surface area (Å²) in [6.45, 7) is 0. The molecule has 3 nitrogen and oxygen atoms in total. The van der Waals surface area contributed by atoms with Crippen LogP contribution in [0.4, 0.5) is 0 Å². The fourth-order valence-electron chi connectivity index (χ4n) is 2.09. The molecule has 0 saturated carbocycles.